The molecule has 3 atom stereocenters. The Morgan fingerprint density at radius 1 is 1.13 bits per heavy atom. The van der Waals surface area contributed by atoms with E-state index in [0.29, 0.717) is 12.0 Å². The van der Waals surface area contributed by atoms with Gasteiger partial charge in [0.15, 0.2) is 0 Å². The van der Waals surface area contributed by atoms with Gasteiger partial charge in [-0.2, -0.15) is 0 Å². The Morgan fingerprint density at radius 2 is 1.93 bits per heavy atom. The quantitative estimate of drug-likeness (QED) is 0.726. The SMILES string of the molecule is COc1ccc(C2C(CNc3cc(N4CCCC4CO)ncn3)CCCN2C)cc1. The van der Waals surface area contributed by atoms with Crippen molar-refractivity contribution in [2.45, 2.75) is 37.8 Å². The summed E-state index contributed by atoms with van der Waals surface area (Å²) in [5.41, 5.74) is 1.33. The normalized spacial score (nSPS) is 24.8. The largest absolute Gasteiger partial charge is 0.497 e. The molecule has 3 heterocycles. The van der Waals surface area contributed by atoms with Gasteiger partial charge in [-0.15, -0.1) is 0 Å². The van der Waals surface area contributed by atoms with Gasteiger partial charge >= 0.3 is 0 Å². The fourth-order valence-corrected chi connectivity index (χ4v) is 4.96. The molecular weight excluding hydrogens is 378 g/mol. The van der Waals surface area contributed by atoms with Crippen LogP contribution < -0.4 is 15.0 Å². The van der Waals surface area contributed by atoms with Gasteiger partial charge in [-0.25, -0.2) is 9.97 Å². The molecule has 1 aromatic carbocycles. The molecule has 0 amide bonds. The van der Waals surface area contributed by atoms with Gasteiger partial charge in [-0.3, -0.25) is 4.90 Å². The molecule has 7 heteroatoms. The van der Waals surface area contributed by atoms with Crippen molar-refractivity contribution in [2.75, 3.05) is 50.6 Å². The topological polar surface area (TPSA) is 73.8 Å². The summed E-state index contributed by atoms with van der Waals surface area (Å²) in [6, 6.07) is 11.0. The molecule has 0 spiro atoms. The lowest BCUT2D eigenvalue weighted by molar-refractivity contribution is 0.128. The molecule has 4 rings (SSSR count). The zero-order valence-corrected chi connectivity index (χ0v) is 18.0. The van der Waals surface area contributed by atoms with Crippen molar-refractivity contribution in [1.29, 1.82) is 0 Å². The van der Waals surface area contributed by atoms with E-state index in [4.69, 9.17) is 4.74 Å². The van der Waals surface area contributed by atoms with E-state index in [1.165, 1.54) is 18.4 Å². The van der Waals surface area contributed by atoms with Gasteiger partial charge in [-0.05, 0) is 62.9 Å². The van der Waals surface area contributed by atoms with Crippen LogP contribution in [0, 0.1) is 5.92 Å². The van der Waals surface area contributed by atoms with Crippen LogP contribution in [0.15, 0.2) is 36.7 Å². The average molecular weight is 412 g/mol. The molecule has 2 N–H and O–H groups in total. The fourth-order valence-electron chi connectivity index (χ4n) is 4.96. The van der Waals surface area contributed by atoms with E-state index in [2.05, 4.69) is 44.3 Å². The van der Waals surface area contributed by atoms with Crippen LogP contribution in [0.2, 0.25) is 0 Å². The first-order valence-corrected chi connectivity index (χ1v) is 11.0. The van der Waals surface area contributed by atoms with E-state index in [-0.39, 0.29) is 12.6 Å². The summed E-state index contributed by atoms with van der Waals surface area (Å²) in [7, 11) is 3.92. The molecule has 162 valence electrons. The molecule has 2 saturated heterocycles. The zero-order chi connectivity index (χ0) is 20.9. The van der Waals surface area contributed by atoms with Crippen molar-refractivity contribution in [1.82, 2.24) is 14.9 Å². The van der Waals surface area contributed by atoms with Crippen molar-refractivity contribution in [3.05, 3.63) is 42.2 Å². The van der Waals surface area contributed by atoms with Crippen LogP contribution in [0.25, 0.3) is 0 Å². The Bertz CT molecular complexity index is 815. The first-order valence-electron chi connectivity index (χ1n) is 11.0. The fraction of sp³-hybridized carbons (Fsp3) is 0.565. The van der Waals surface area contributed by atoms with E-state index < -0.39 is 0 Å². The van der Waals surface area contributed by atoms with Crippen LogP contribution >= 0.6 is 0 Å². The third kappa shape index (κ3) is 4.52. The molecule has 3 unspecified atom stereocenters. The predicted molar refractivity (Wildman–Crippen MR) is 119 cm³/mol. The van der Waals surface area contributed by atoms with Crippen molar-refractivity contribution in [3.8, 4) is 5.75 Å². The highest BCUT2D eigenvalue weighted by molar-refractivity contribution is 5.50. The van der Waals surface area contributed by atoms with E-state index in [9.17, 15) is 5.11 Å². The Kier molecular flexibility index (Phi) is 6.69. The first kappa shape index (κ1) is 20.9. The lowest BCUT2D eigenvalue weighted by Gasteiger charge is -2.39. The molecule has 2 aliphatic rings. The van der Waals surface area contributed by atoms with E-state index >= 15 is 0 Å². The van der Waals surface area contributed by atoms with Crippen LogP contribution in [-0.2, 0) is 0 Å². The summed E-state index contributed by atoms with van der Waals surface area (Å²) < 4.78 is 5.32. The summed E-state index contributed by atoms with van der Waals surface area (Å²) in [6.07, 6.45) is 6.12. The van der Waals surface area contributed by atoms with Gasteiger partial charge in [0, 0.05) is 25.2 Å². The van der Waals surface area contributed by atoms with Crippen molar-refractivity contribution in [2.24, 2.45) is 5.92 Å². The molecule has 0 bridgehead atoms. The molecule has 2 aliphatic heterocycles. The van der Waals surface area contributed by atoms with Crippen molar-refractivity contribution in [3.63, 3.8) is 0 Å². The summed E-state index contributed by atoms with van der Waals surface area (Å²) in [5, 5.41) is 13.2. The van der Waals surface area contributed by atoms with Crippen LogP contribution in [-0.4, -0.2) is 66.4 Å². The van der Waals surface area contributed by atoms with Gasteiger partial charge in [0.25, 0.3) is 0 Å². The Hall–Kier alpha value is -2.38. The number of aliphatic hydroxyl groups is 1. The third-order valence-corrected chi connectivity index (χ3v) is 6.54. The second kappa shape index (κ2) is 9.62. The van der Waals surface area contributed by atoms with Crippen LogP contribution in [0.3, 0.4) is 0 Å². The molecule has 2 fully saturated rings. The summed E-state index contributed by atoms with van der Waals surface area (Å²) in [4.78, 5) is 13.5. The zero-order valence-electron chi connectivity index (χ0n) is 18.0. The minimum absolute atomic E-state index is 0.166. The number of ether oxygens (including phenoxy) is 1. The number of hydrogen-bond donors (Lipinski definition) is 2. The third-order valence-electron chi connectivity index (χ3n) is 6.54. The molecule has 1 aromatic heterocycles. The molecular formula is C23H33N5O2. The standard InChI is InChI=1S/C23H33N5O2/c1-27-11-3-5-18(23(27)17-7-9-20(30-2)10-8-17)14-24-21-13-22(26-16-25-21)28-12-4-6-19(28)15-29/h7-10,13,16,18-19,23,29H,3-6,11-12,14-15H2,1-2H3,(H,24,25,26). The van der Waals surface area contributed by atoms with Gasteiger partial charge < -0.3 is 20.1 Å². The summed E-state index contributed by atoms with van der Waals surface area (Å²) >= 11 is 0. The predicted octanol–water partition coefficient (Wildman–Crippen LogP) is 2.94. The molecule has 0 saturated carbocycles. The van der Waals surface area contributed by atoms with E-state index in [1.807, 2.05) is 18.2 Å². The maximum atomic E-state index is 9.62. The lowest BCUT2D eigenvalue weighted by Crippen LogP contribution is -2.39. The average Bonchev–Trinajstić information content (AvgIpc) is 3.27. The number of benzene rings is 1. The second-order valence-corrected chi connectivity index (χ2v) is 8.42. The summed E-state index contributed by atoms with van der Waals surface area (Å²) in [6.45, 7) is 3.09. The minimum Gasteiger partial charge on any atom is -0.497 e. The second-order valence-electron chi connectivity index (χ2n) is 8.42. The summed E-state index contributed by atoms with van der Waals surface area (Å²) in [5.74, 6) is 3.14. The van der Waals surface area contributed by atoms with E-state index in [1.54, 1.807) is 13.4 Å². The maximum Gasteiger partial charge on any atom is 0.134 e. The molecule has 30 heavy (non-hydrogen) atoms. The number of hydrogen-bond acceptors (Lipinski definition) is 7. The van der Waals surface area contributed by atoms with Gasteiger partial charge in [0.1, 0.15) is 23.7 Å². The Balaban J connectivity index is 1.45. The van der Waals surface area contributed by atoms with E-state index in [0.717, 1.165) is 49.9 Å². The monoisotopic (exact) mass is 411 g/mol. The highest BCUT2D eigenvalue weighted by Crippen LogP contribution is 2.36. The number of nitrogens with zero attached hydrogens (tertiary/aromatic N) is 4. The number of anilines is 2. The molecule has 0 radical (unpaired) electrons. The number of likely N-dealkylation sites (tertiary alicyclic amines) is 1. The number of rotatable bonds is 7. The highest BCUT2D eigenvalue weighted by atomic mass is 16.5. The van der Waals surface area contributed by atoms with Crippen molar-refractivity contribution < 1.29 is 9.84 Å². The minimum atomic E-state index is 0.166. The smallest absolute Gasteiger partial charge is 0.134 e. The number of piperidine rings is 1. The van der Waals surface area contributed by atoms with Gasteiger partial charge in [0.2, 0.25) is 0 Å². The Labute approximate surface area is 179 Å². The number of aromatic nitrogens is 2. The van der Waals surface area contributed by atoms with Gasteiger partial charge in [0.05, 0.1) is 19.8 Å². The molecule has 2 aromatic rings. The van der Waals surface area contributed by atoms with Crippen LogP contribution in [0.4, 0.5) is 11.6 Å². The van der Waals surface area contributed by atoms with Crippen molar-refractivity contribution >= 4 is 11.6 Å². The molecule has 0 aliphatic carbocycles. The number of aliphatic hydroxyl groups excluding tert-OH is 1. The first-order chi connectivity index (χ1) is 14.7. The van der Waals surface area contributed by atoms with Crippen LogP contribution in [0.5, 0.6) is 5.75 Å². The lowest BCUT2D eigenvalue weighted by atomic mass is 9.85. The number of methoxy groups -OCH3 is 1. The van der Waals surface area contributed by atoms with Crippen LogP contribution in [0.1, 0.15) is 37.3 Å². The molecule has 7 nitrogen and oxygen atoms in total. The Morgan fingerprint density at radius 3 is 2.70 bits per heavy atom. The van der Waals surface area contributed by atoms with Gasteiger partial charge in [-0.1, -0.05) is 12.1 Å². The maximum absolute atomic E-state index is 9.62. The number of nitrogens with one attached hydrogen (secondary N) is 1. The highest BCUT2D eigenvalue weighted by Gasteiger charge is 2.30.